The molecule has 1 aliphatic heterocycles. The second kappa shape index (κ2) is 5.69. The highest BCUT2D eigenvalue weighted by molar-refractivity contribution is 9.10. The number of nitrogens with one attached hydrogen (secondary N) is 2. The maximum absolute atomic E-state index is 11.8. The summed E-state index contributed by atoms with van der Waals surface area (Å²) >= 11 is 5.37. The van der Waals surface area contributed by atoms with E-state index in [4.69, 9.17) is 0 Å². The molecule has 100 valence electrons. The second-order valence-electron chi connectivity index (χ2n) is 4.74. The maximum Gasteiger partial charge on any atom is 0.255 e. The van der Waals surface area contributed by atoms with Crippen LogP contribution in [0.2, 0.25) is 0 Å². The van der Waals surface area contributed by atoms with Gasteiger partial charge in [-0.25, -0.2) is 0 Å². The highest BCUT2D eigenvalue weighted by Gasteiger charge is 2.16. The van der Waals surface area contributed by atoms with Crippen molar-refractivity contribution in [2.45, 2.75) is 23.0 Å². The number of hydrogen-bond acceptors (Lipinski definition) is 3. The van der Waals surface area contributed by atoms with Crippen LogP contribution >= 0.6 is 27.7 Å². The van der Waals surface area contributed by atoms with Crippen LogP contribution < -0.4 is 10.9 Å². The summed E-state index contributed by atoms with van der Waals surface area (Å²) in [5, 5.41) is 5.82. The second-order valence-corrected chi connectivity index (χ2v) is 7.00. The first kappa shape index (κ1) is 13.2. The Kier molecular flexibility index (Phi) is 3.96. The Morgan fingerprint density at radius 1 is 1.21 bits per heavy atom. The predicted octanol–water partition coefficient (Wildman–Crippen LogP) is 3.13. The number of hydrogen-bond donors (Lipinski definition) is 2. The quantitative estimate of drug-likeness (QED) is 0.884. The minimum atomic E-state index is -0.0165. The Hall–Kier alpha value is -0.780. The molecule has 0 atom stereocenters. The van der Waals surface area contributed by atoms with Gasteiger partial charge in [-0.05, 0) is 44.1 Å². The van der Waals surface area contributed by atoms with E-state index in [1.807, 2.05) is 36.2 Å². The van der Waals surface area contributed by atoms with E-state index in [2.05, 4.69) is 26.2 Å². The summed E-state index contributed by atoms with van der Waals surface area (Å²) in [6.45, 7) is 2.17. The average molecular weight is 339 g/mol. The third kappa shape index (κ3) is 2.88. The molecule has 3 nitrogen and oxygen atoms in total. The molecule has 2 aromatic rings. The van der Waals surface area contributed by atoms with E-state index >= 15 is 0 Å². The van der Waals surface area contributed by atoms with Gasteiger partial charge >= 0.3 is 0 Å². The highest BCUT2D eigenvalue weighted by Crippen LogP contribution is 2.33. The van der Waals surface area contributed by atoms with Crippen LogP contribution in [0.15, 0.2) is 38.6 Å². The van der Waals surface area contributed by atoms with Crippen LogP contribution in [0.25, 0.3) is 10.8 Å². The van der Waals surface area contributed by atoms with Crippen molar-refractivity contribution in [2.75, 3.05) is 13.1 Å². The van der Waals surface area contributed by atoms with Gasteiger partial charge < -0.3 is 10.3 Å². The predicted molar refractivity (Wildman–Crippen MR) is 84.0 cm³/mol. The van der Waals surface area contributed by atoms with Crippen molar-refractivity contribution in [1.82, 2.24) is 10.3 Å². The zero-order valence-electron chi connectivity index (χ0n) is 10.4. The molecule has 1 aliphatic rings. The molecule has 1 aromatic heterocycles. The SMILES string of the molecule is O=c1[nH]cc(SC2CCNCC2)c2cc(Br)ccc12. The lowest BCUT2D eigenvalue weighted by Gasteiger charge is -2.22. The number of aromatic amines is 1. The number of H-pyrrole nitrogens is 1. The topological polar surface area (TPSA) is 44.9 Å². The summed E-state index contributed by atoms with van der Waals surface area (Å²) in [4.78, 5) is 15.9. The average Bonchev–Trinajstić information content (AvgIpc) is 2.43. The first-order valence-corrected chi connectivity index (χ1v) is 8.09. The van der Waals surface area contributed by atoms with E-state index in [1.165, 1.54) is 17.7 Å². The van der Waals surface area contributed by atoms with E-state index < -0.39 is 0 Å². The van der Waals surface area contributed by atoms with Crippen molar-refractivity contribution in [1.29, 1.82) is 0 Å². The molecule has 0 bridgehead atoms. The number of benzene rings is 1. The summed E-state index contributed by atoms with van der Waals surface area (Å²) in [5.74, 6) is 0. The van der Waals surface area contributed by atoms with Crippen LogP contribution in [0.1, 0.15) is 12.8 Å². The van der Waals surface area contributed by atoms with Crippen LogP contribution in [-0.4, -0.2) is 23.3 Å². The lowest BCUT2D eigenvalue weighted by atomic mass is 10.2. The van der Waals surface area contributed by atoms with Crippen LogP contribution in [0, 0.1) is 0 Å². The number of halogens is 1. The number of thioether (sulfide) groups is 1. The summed E-state index contributed by atoms with van der Waals surface area (Å²) in [5.41, 5.74) is -0.0165. The minimum Gasteiger partial charge on any atom is -0.327 e. The Morgan fingerprint density at radius 3 is 2.79 bits per heavy atom. The molecule has 3 rings (SSSR count). The molecular weight excluding hydrogens is 324 g/mol. The Labute approximate surface area is 124 Å². The van der Waals surface area contributed by atoms with Gasteiger partial charge in [-0.1, -0.05) is 15.9 Å². The monoisotopic (exact) mass is 338 g/mol. The number of piperidine rings is 1. The molecule has 1 saturated heterocycles. The Balaban J connectivity index is 2.00. The smallest absolute Gasteiger partial charge is 0.255 e. The normalized spacial score (nSPS) is 16.9. The first-order chi connectivity index (χ1) is 9.24. The molecule has 0 amide bonds. The van der Waals surface area contributed by atoms with Gasteiger partial charge in [0.05, 0.1) is 0 Å². The minimum absolute atomic E-state index is 0.0165. The Morgan fingerprint density at radius 2 is 2.00 bits per heavy atom. The fourth-order valence-corrected chi connectivity index (χ4v) is 4.01. The summed E-state index contributed by atoms with van der Waals surface area (Å²) in [7, 11) is 0. The van der Waals surface area contributed by atoms with Gasteiger partial charge in [-0.3, -0.25) is 4.79 Å². The van der Waals surface area contributed by atoms with Crippen molar-refractivity contribution in [3.8, 4) is 0 Å². The molecule has 0 unspecified atom stereocenters. The number of pyridine rings is 1. The lowest BCUT2D eigenvalue weighted by molar-refractivity contribution is 0.531. The van der Waals surface area contributed by atoms with Gasteiger partial charge in [0.2, 0.25) is 0 Å². The fourth-order valence-electron chi connectivity index (χ4n) is 2.40. The molecule has 0 spiro atoms. The summed E-state index contributed by atoms with van der Waals surface area (Å²) in [6.07, 6.45) is 4.21. The van der Waals surface area contributed by atoms with Crippen LogP contribution in [0.4, 0.5) is 0 Å². The molecule has 2 N–H and O–H groups in total. The van der Waals surface area contributed by atoms with Gasteiger partial charge in [-0.15, -0.1) is 11.8 Å². The molecule has 2 heterocycles. The van der Waals surface area contributed by atoms with E-state index in [9.17, 15) is 4.79 Å². The van der Waals surface area contributed by atoms with Gasteiger partial charge in [0, 0.05) is 31.6 Å². The molecule has 1 aromatic carbocycles. The van der Waals surface area contributed by atoms with E-state index in [-0.39, 0.29) is 5.56 Å². The van der Waals surface area contributed by atoms with E-state index in [0.717, 1.165) is 28.3 Å². The molecule has 0 radical (unpaired) electrons. The van der Waals surface area contributed by atoms with E-state index in [1.54, 1.807) is 0 Å². The summed E-state index contributed by atoms with van der Waals surface area (Å²) < 4.78 is 1.01. The van der Waals surface area contributed by atoms with Gasteiger partial charge in [0.1, 0.15) is 0 Å². The van der Waals surface area contributed by atoms with Crippen LogP contribution in [-0.2, 0) is 0 Å². The highest BCUT2D eigenvalue weighted by atomic mass is 79.9. The van der Waals surface area contributed by atoms with Crippen LogP contribution in [0.3, 0.4) is 0 Å². The largest absolute Gasteiger partial charge is 0.327 e. The van der Waals surface area contributed by atoms with Crippen molar-refractivity contribution in [3.05, 3.63) is 39.2 Å². The van der Waals surface area contributed by atoms with E-state index in [0.29, 0.717) is 5.25 Å². The third-order valence-electron chi connectivity index (χ3n) is 3.41. The first-order valence-electron chi connectivity index (χ1n) is 6.42. The fraction of sp³-hybridized carbons (Fsp3) is 0.357. The van der Waals surface area contributed by atoms with Crippen molar-refractivity contribution >= 4 is 38.5 Å². The standard InChI is InChI=1S/C14H15BrN2OS/c15-9-1-2-11-12(7-9)13(8-17-14(11)18)19-10-3-5-16-6-4-10/h1-2,7-8,10,16H,3-6H2,(H,17,18). The maximum atomic E-state index is 11.8. The molecule has 0 aliphatic carbocycles. The van der Waals surface area contributed by atoms with Crippen LogP contribution in [0.5, 0.6) is 0 Å². The molecule has 19 heavy (non-hydrogen) atoms. The van der Waals surface area contributed by atoms with Crippen molar-refractivity contribution < 1.29 is 0 Å². The van der Waals surface area contributed by atoms with Gasteiger partial charge in [0.15, 0.2) is 0 Å². The molecule has 1 fully saturated rings. The van der Waals surface area contributed by atoms with Gasteiger partial charge in [0.25, 0.3) is 5.56 Å². The number of fused-ring (bicyclic) bond motifs is 1. The number of rotatable bonds is 2. The zero-order valence-corrected chi connectivity index (χ0v) is 12.8. The number of aromatic nitrogens is 1. The van der Waals surface area contributed by atoms with Crippen molar-refractivity contribution in [3.63, 3.8) is 0 Å². The molecular formula is C14H15BrN2OS. The molecule has 0 saturated carbocycles. The lowest BCUT2D eigenvalue weighted by Crippen LogP contribution is -2.29. The third-order valence-corrected chi connectivity index (χ3v) is 5.30. The van der Waals surface area contributed by atoms with Gasteiger partial charge in [-0.2, -0.15) is 0 Å². The Bertz CT molecular complexity index is 649. The molecule has 5 heteroatoms. The summed E-state index contributed by atoms with van der Waals surface area (Å²) in [6, 6.07) is 5.83. The van der Waals surface area contributed by atoms with Crippen molar-refractivity contribution in [2.24, 2.45) is 0 Å². The zero-order chi connectivity index (χ0) is 13.2.